The molecule has 0 aliphatic heterocycles. The third kappa shape index (κ3) is 2.31. The van der Waals surface area contributed by atoms with Crippen LogP contribution in [0.25, 0.3) is 22.2 Å². The Hall–Kier alpha value is -2.55. The highest BCUT2D eigenvalue weighted by Crippen LogP contribution is 2.33. The number of fused-ring (bicyclic) bond motifs is 1. The minimum absolute atomic E-state index is 0.0152. The van der Waals surface area contributed by atoms with Gasteiger partial charge in [-0.05, 0) is 43.2 Å². The first-order valence-corrected chi connectivity index (χ1v) is 6.88. The molecule has 106 valence electrons. The van der Waals surface area contributed by atoms with Gasteiger partial charge in [-0.25, -0.2) is 0 Å². The molecule has 0 atom stereocenters. The van der Waals surface area contributed by atoms with Crippen molar-refractivity contribution in [1.29, 1.82) is 0 Å². The normalized spacial score (nSPS) is 10.8. The van der Waals surface area contributed by atoms with Gasteiger partial charge in [-0.1, -0.05) is 18.2 Å². The first kappa shape index (κ1) is 13.4. The molecule has 3 rings (SSSR count). The second-order valence-electron chi connectivity index (χ2n) is 5.25. The van der Waals surface area contributed by atoms with Crippen LogP contribution in [0.5, 0.6) is 5.75 Å². The Morgan fingerprint density at radius 3 is 2.57 bits per heavy atom. The summed E-state index contributed by atoms with van der Waals surface area (Å²) in [7, 11) is 1.65. The van der Waals surface area contributed by atoms with Crippen LogP contribution in [0.3, 0.4) is 0 Å². The Kier molecular flexibility index (Phi) is 3.26. The van der Waals surface area contributed by atoms with Crippen molar-refractivity contribution in [2.45, 2.75) is 13.8 Å². The molecule has 1 heterocycles. The lowest BCUT2D eigenvalue weighted by molar-refractivity contribution is 0.415. The number of benzene rings is 2. The molecule has 21 heavy (non-hydrogen) atoms. The SMILES string of the molecule is COc1cc(C)cc(C)c1-c1cc(=O)c2ccccc2[nH]1. The number of hydrogen-bond donors (Lipinski definition) is 1. The Morgan fingerprint density at radius 1 is 1.05 bits per heavy atom. The number of rotatable bonds is 2. The largest absolute Gasteiger partial charge is 0.496 e. The highest BCUT2D eigenvalue weighted by Gasteiger charge is 2.12. The van der Waals surface area contributed by atoms with Crippen LogP contribution < -0.4 is 10.2 Å². The van der Waals surface area contributed by atoms with Crippen LogP contribution in [0.15, 0.2) is 47.3 Å². The molecule has 3 aromatic rings. The minimum Gasteiger partial charge on any atom is -0.496 e. The van der Waals surface area contributed by atoms with Crippen molar-refractivity contribution in [2.75, 3.05) is 7.11 Å². The van der Waals surface area contributed by atoms with Gasteiger partial charge in [0.15, 0.2) is 5.43 Å². The zero-order valence-electron chi connectivity index (χ0n) is 12.4. The number of methoxy groups -OCH3 is 1. The predicted octanol–water partition coefficient (Wildman–Crippen LogP) is 3.82. The number of ether oxygens (including phenoxy) is 1. The van der Waals surface area contributed by atoms with Gasteiger partial charge in [0, 0.05) is 22.5 Å². The molecule has 0 unspecified atom stereocenters. The van der Waals surface area contributed by atoms with E-state index >= 15 is 0 Å². The van der Waals surface area contributed by atoms with Crippen molar-refractivity contribution in [3.8, 4) is 17.0 Å². The molecule has 1 aromatic heterocycles. The molecule has 2 aromatic carbocycles. The van der Waals surface area contributed by atoms with Crippen LogP contribution in [0.2, 0.25) is 0 Å². The van der Waals surface area contributed by atoms with E-state index in [-0.39, 0.29) is 5.43 Å². The molecule has 0 fully saturated rings. The first-order chi connectivity index (χ1) is 10.1. The van der Waals surface area contributed by atoms with E-state index in [0.29, 0.717) is 5.39 Å². The number of H-pyrrole nitrogens is 1. The van der Waals surface area contributed by atoms with E-state index in [4.69, 9.17) is 4.74 Å². The molecule has 0 aliphatic carbocycles. The maximum Gasteiger partial charge on any atom is 0.190 e. The van der Waals surface area contributed by atoms with Crippen LogP contribution in [-0.4, -0.2) is 12.1 Å². The van der Waals surface area contributed by atoms with E-state index in [0.717, 1.165) is 33.7 Å². The van der Waals surface area contributed by atoms with E-state index in [1.54, 1.807) is 13.2 Å². The molecular formula is C18H17NO2. The average Bonchev–Trinajstić information content (AvgIpc) is 2.46. The summed E-state index contributed by atoms with van der Waals surface area (Å²) in [6.07, 6.45) is 0. The summed E-state index contributed by atoms with van der Waals surface area (Å²) in [4.78, 5) is 15.6. The zero-order valence-corrected chi connectivity index (χ0v) is 12.4. The third-order valence-corrected chi connectivity index (χ3v) is 3.67. The molecular weight excluding hydrogens is 262 g/mol. The molecule has 0 bridgehead atoms. The van der Waals surface area contributed by atoms with Gasteiger partial charge < -0.3 is 9.72 Å². The number of aryl methyl sites for hydroxylation is 2. The number of hydrogen-bond acceptors (Lipinski definition) is 2. The summed E-state index contributed by atoms with van der Waals surface area (Å²) in [5.41, 5.74) is 4.79. The van der Waals surface area contributed by atoms with Gasteiger partial charge >= 0.3 is 0 Å². The van der Waals surface area contributed by atoms with Crippen molar-refractivity contribution in [3.63, 3.8) is 0 Å². The van der Waals surface area contributed by atoms with Crippen LogP contribution in [0, 0.1) is 13.8 Å². The van der Waals surface area contributed by atoms with E-state index in [1.807, 2.05) is 44.2 Å². The maximum absolute atomic E-state index is 12.3. The summed E-state index contributed by atoms with van der Waals surface area (Å²) in [5, 5.41) is 0.699. The van der Waals surface area contributed by atoms with Gasteiger partial charge in [-0.3, -0.25) is 4.79 Å². The summed E-state index contributed by atoms with van der Waals surface area (Å²) in [5.74, 6) is 0.776. The Labute approximate surface area is 123 Å². The maximum atomic E-state index is 12.3. The highest BCUT2D eigenvalue weighted by atomic mass is 16.5. The number of aromatic nitrogens is 1. The van der Waals surface area contributed by atoms with Gasteiger partial charge in [-0.2, -0.15) is 0 Å². The lowest BCUT2D eigenvalue weighted by atomic mass is 10.0. The predicted molar refractivity (Wildman–Crippen MR) is 86.0 cm³/mol. The van der Waals surface area contributed by atoms with E-state index in [1.165, 1.54) is 0 Å². The third-order valence-electron chi connectivity index (χ3n) is 3.67. The number of pyridine rings is 1. The fourth-order valence-electron chi connectivity index (χ4n) is 2.77. The summed E-state index contributed by atoms with van der Waals surface area (Å²) in [6, 6.07) is 13.2. The summed E-state index contributed by atoms with van der Waals surface area (Å²) >= 11 is 0. The Bertz CT molecular complexity index is 878. The fraction of sp³-hybridized carbons (Fsp3) is 0.167. The van der Waals surface area contributed by atoms with Crippen LogP contribution >= 0.6 is 0 Å². The Balaban J connectivity index is 2.33. The van der Waals surface area contributed by atoms with Gasteiger partial charge in [-0.15, -0.1) is 0 Å². The molecule has 0 saturated heterocycles. The van der Waals surface area contributed by atoms with Crippen molar-refractivity contribution >= 4 is 10.9 Å². The number of nitrogens with one attached hydrogen (secondary N) is 1. The first-order valence-electron chi connectivity index (χ1n) is 6.88. The van der Waals surface area contributed by atoms with Gasteiger partial charge in [0.2, 0.25) is 0 Å². The van der Waals surface area contributed by atoms with Crippen molar-refractivity contribution in [3.05, 3.63) is 63.8 Å². The van der Waals surface area contributed by atoms with Crippen LogP contribution in [0.1, 0.15) is 11.1 Å². The van der Waals surface area contributed by atoms with E-state index < -0.39 is 0 Å². The number of aromatic amines is 1. The second kappa shape index (κ2) is 5.09. The molecule has 0 saturated carbocycles. The Morgan fingerprint density at radius 2 is 1.81 bits per heavy atom. The smallest absolute Gasteiger partial charge is 0.190 e. The van der Waals surface area contributed by atoms with E-state index in [9.17, 15) is 4.79 Å². The average molecular weight is 279 g/mol. The molecule has 3 heteroatoms. The molecule has 0 spiro atoms. The quantitative estimate of drug-likeness (QED) is 0.775. The van der Waals surface area contributed by atoms with Gasteiger partial charge in [0.05, 0.1) is 12.8 Å². The molecule has 0 radical (unpaired) electrons. The van der Waals surface area contributed by atoms with Gasteiger partial charge in [0.1, 0.15) is 5.75 Å². The van der Waals surface area contributed by atoms with Gasteiger partial charge in [0.25, 0.3) is 0 Å². The monoisotopic (exact) mass is 279 g/mol. The topological polar surface area (TPSA) is 42.1 Å². The molecule has 3 nitrogen and oxygen atoms in total. The number of para-hydroxylation sites is 1. The minimum atomic E-state index is 0.0152. The van der Waals surface area contributed by atoms with Crippen LogP contribution in [0.4, 0.5) is 0 Å². The van der Waals surface area contributed by atoms with Crippen molar-refractivity contribution < 1.29 is 4.74 Å². The second-order valence-corrected chi connectivity index (χ2v) is 5.25. The van der Waals surface area contributed by atoms with Crippen molar-refractivity contribution in [1.82, 2.24) is 4.98 Å². The van der Waals surface area contributed by atoms with E-state index in [2.05, 4.69) is 11.1 Å². The van der Waals surface area contributed by atoms with Crippen molar-refractivity contribution in [2.24, 2.45) is 0 Å². The lowest BCUT2D eigenvalue weighted by Crippen LogP contribution is -2.04. The standard InChI is InChI=1S/C18H17NO2/c1-11-8-12(2)18(17(9-11)21-3)15-10-16(20)13-6-4-5-7-14(13)19-15/h4-10H,1-3H3,(H,19,20). The lowest BCUT2D eigenvalue weighted by Gasteiger charge is -2.13. The summed E-state index contributed by atoms with van der Waals surface area (Å²) < 4.78 is 5.49. The highest BCUT2D eigenvalue weighted by molar-refractivity contribution is 5.83. The zero-order chi connectivity index (χ0) is 15.0. The summed E-state index contributed by atoms with van der Waals surface area (Å²) in [6.45, 7) is 4.06. The fourth-order valence-corrected chi connectivity index (χ4v) is 2.77. The molecule has 1 N–H and O–H groups in total. The molecule has 0 aliphatic rings. The molecule has 0 amide bonds. The van der Waals surface area contributed by atoms with Crippen LogP contribution in [-0.2, 0) is 0 Å².